The summed E-state index contributed by atoms with van der Waals surface area (Å²) in [5, 5.41) is 0. The van der Waals surface area contributed by atoms with Crippen LogP contribution in [-0.2, 0) is 9.53 Å². The van der Waals surface area contributed by atoms with Crippen LogP contribution in [0.25, 0.3) is 11.1 Å². The van der Waals surface area contributed by atoms with E-state index in [1.54, 1.807) is 0 Å². The highest BCUT2D eigenvalue weighted by Crippen LogP contribution is 2.61. The Hall–Kier alpha value is -2.09. The number of fused-ring (bicyclic) bond motifs is 3. The van der Waals surface area contributed by atoms with Gasteiger partial charge in [-0.05, 0) is 22.3 Å². The Balaban J connectivity index is 2.39. The van der Waals surface area contributed by atoms with Gasteiger partial charge >= 0.3 is 0 Å². The van der Waals surface area contributed by atoms with Crippen LogP contribution in [0.5, 0.6) is 0 Å². The minimum absolute atomic E-state index is 0.00472. The standard InChI is InChI=1S/C23H28O2/c1-21(2,3)23(25-15-24,22(4,5)6)20-18-13-9-7-11-16(18)17-12-8-10-14-19(17)20/h7-15,20H,1-6H3. The first-order valence-electron chi connectivity index (χ1n) is 8.95. The molecule has 0 saturated heterocycles. The lowest BCUT2D eigenvalue weighted by molar-refractivity contribution is -0.188. The molecule has 0 radical (unpaired) electrons. The normalized spacial score (nSPS) is 14.8. The molecule has 0 saturated carbocycles. The van der Waals surface area contributed by atoms with Crippen LogP contribution in [0.2, 0.25) is 0 Å². The van der Waals surface area contributed by atoms with Crippen LogP contribution in [0.15, 0.2) is 48.5 Å². The fourth-order valence-electron chi connectivity index (χ4n) is 5.08. The minimum atomic E-state index is -0.676. The lowest BCUT2D eigenvalue weighted by Crippen LogP contribution is -2.59. The zero-order chi connectivity index (χ0) is 18.5. The van der Waals surface area contributed by atoms with Gasteiger partial charge in [-0.25, -0.2) is 0 Å². The molecule has 2 aromatic rings. The Bertz CT molecular complexity index is 731. The molecule has 0 spiro atoms. The van der Waals surface area contributed by atoms with E-state index in [2.05, 4.69) is 90.1 Å². The van der Waals surface area contributed by atoms with E-state index >= 15 is 0 Å². The van der Waals surface area contributed by atoms with Crippen molar-refractivity contribution in [2.24, 2.45) is 10.8 Å². The van der Waals surface area contributed by atoms with Gasteiger partial charge in [-0.1, -0.05) is 90.1 Å². The number of carbonyl (C=O) groups excluding carboxylic acids is 1. The third-order valence-corrected chi connectivity index (χ3v) is 5.70. The third kappa shape index (κ3) is 2.42. The predicted molar refractivity (Wildman–Crippen MR) is 103 cm³/mol. The maximum atomic E-state index is 11.7. The second-order valence-electron chi connectivity index (χ2n) is 9.06. The summed E-state index contributed by atoms with van der Waals surface area (Å²) in [4.78, 5) is 11.7. The summed E-state index contributed by atoms with van der Waals surface area (Å²) in [6.45, 7) is 13.7. The van der Waals surface area contributed by atoms with Crippen molar-refractivity contribution in [3.63, 3.8) is 0 Å². The van der Waals surface area contributed by atoms with E-state index in [9.17, 15) is 4.79 Å². The van der Waals surface area contributed by atoms with Crippen LogP contribution in [0.4, 0.5) is 0 Å². The summed E-state index contributed by atoms with van der Waals surface area (Å²) in [7, 11) is 0. The molecule has 0 bridgehead atoms. The van der Waals surface area contributed by atoms with Crippen molar-refractivity contribution < 1.29 is 9.53 Å². The summed E-state index contributed by atoms with van der Waals surface area (Å²) in [6, 6.07) is 17.0. The van der Waals surface area contributed by atoms with Crippen molar-refractivity contribution in [3.8, 4) is 11.1 Å². The fourth-order valence-corrected chi connectivity index (χ4v) is 5.08. The fraction of sp³-hybridized carbons (Fsp3) is 0.435. The topological polar surface area (TPSA) is 26.3 Å². The smallest absolute Gasteiger partial charge is 0.293 e. The molecule has 132 valence electrons. The van der Waals surface area contributed by atoms with Crippen molar-refractivity contribution in [2.45, 2.75) is 53.1 Å². The van der Waals surface area contributed by atoms with Gasteiger partial charge in [-0.3, -0.25) is 4.79 Å². The van der Waals surface area contributed by atoms with Crippen molar-refractivity contribution in [1.29, 1.82) is 0 Å². The molecule has 0 amide bonds. The lowest BCUT2D eigenvalue weighted by atomic mass is 9.55. The van der Waals surface area contributed by atoms with Gasteiger partial charge in [0.15, 0.2) is 0 Å². The largest absolute Gasteiger partial charge is 0.459 e. The highest BCUT2D eigenvalue weighted by atomic mass is 16.5. The molecule has 2 nitrogen and oxygen atoms in total. The van der Waals surface area contributed by atoms with Gasteiger partial charge in [0, 0.05) is 10.8 Å². The SMILES string of the molecule is CC(C)(C)C(OC=O)(C1c2ccccc2-c2ccccc21)C(C)(C)C. The first-order chi connectivity index (χ1) is 11.6. The van der Waals surface area contributed by atoms with E-state index in [4.69, 9.17) is 4.74 Å². The molecule has 2 heteroatoms. The quantitative estimate of drug-likeness (QED) is 0.662. The Morgan fingerprint density at radius 1 is 0.760 bits per heavy atom. The van der Waals surface area contributed by atoms with Crippen LogP contribution >= 0.6 is 0 Å². The van der Waals surface area contributed by atoms with Crippen molar-refractivity contribution >= 4 is 6.47 Å². The zero-order valence-corrected chi connectivity index (χ0v) is 16.1. The Kier molecular flexibility index (Phi) is 4.06. The van der Waals surface area contributed by atoms with E-state index < -0.39 is 5.60 Å². The molecular weight excluding hydrogens is 308 g/mol. The van der Waals surface area contributed by atoms with Gasteiger partial charge < -0.3 is 4.74 Å². The van der Waals surface area contributed by atoms with Gasteiger partial charge in [0.05, 0.1) is 5.92 Å². The van der Waals surface area contributed by atoms with E-state index in [1.807, 2.05) is 0 Å². The number of carbonyl (C=O) groups is 1. The average Bonchev–Trinajstić information content (AvgIpc) is 2.85. The maximum absolute atomic E-state index is 11.7. The maximum Gasteiger partial charge on any atom is 0.293 e. The number of ether oxygens (including phenoxy) is 1. The molecule has 0 heterocycles. The van der Waals surface area contributed by atoms with Gasteiger partial charge in [0.1, 0.15) is 5.60 Å². The van der Waals surface area contributed by atoms with E-state index in [0.717, 1.165) is 0 Å². The second kappa shape index (κ2) is 5.72. The van der Waals surface area contributed by atoms with E-state index in [0.29, 0.717) is 6.47 Å². The van der Waals surface area contributed by atoms with Crippen molar-refractivity contribution in [3.05, 3.63) is 59.7 Å². The molecular formula is C23H28O2. The predicted octanol–water partition coefficient (Wildman–Crippen LogP) is 5.80. The summed E-state index contributed by atoms with van der Waals surface area (Å²) in [5.41, 5.74) is 3.81. The minimum Gasteiger partial charge on any atom is -0.459 e. The molecule has 25 heavy (non-hydrogen) atoms. The molecule has 2 aromatic carbocycles. The van der Waals surface area contributed by atoms with Crippen LogP contribution in [0.3, 0.4) is 0 Å². The molecule has 0 aromatic heterocycles. The van der Waals surface area contributed by atoms with Crippen LogP contribution in [0, 0.1) is 10.8 Å². The number of hydrogen-bond acceptors (Lipinski definition) is 2. The van der Waals surface area contributed by atoms with Crippen molar-refractivity contribution in [1.82, 2.24) is 0 Å². The molecule has 0 aliphatic heterocycles. The third-order valence-electron chi connectivity index (χ3n) is 5.70. The number of rotatable bonds is 3. The van der Waals surface area contributed by atoms with Crippen LogP contribution in [-0.4, -0.2) is 12.1 Å². The summed E-state index contributed by atoms with van der Waals surface area (Å²) >= 11 is 0. The Morgan fingerprint density at radius 2 is 1.16 bits per heavy atom. The molecule has 0 N–H and O–H groups in total. The molecule has 3 rings (SSSR count). The molecule has 0 fully saturated rings. The molecule has 1 aliphatic carbocycles. The monoisotopic (exact) mass is 336 g/mol. The molecule has 0 unspecified atom stereocenters. The van der Waals surface area contributed by atoms with Crippen molar-refractivity contribution in [2.75, 3.05) is 0 Å². The average molecular weight is 336 g/mol. The van der Waals surface area contributed by atoms with Crippen LogP contribution < -0.4 is 0 Å². The first kappa shape index (κ1) is 17.7. The van der Waals surface area contributed by atoms with Gasteiger partial charge in [0.25, 0.3) is 6.47 Å². The van der Waals surface area contributed by atoms with Gasteiger partial charge in [-0.15, -0.1) is 0 Å². The molecule has 0 atom stereocenters. The highest BCUT2D eigenvalue weighted by Gasteiger charge is 2.60. The van der Waals surface area contributed by atoms with Crippen LogP contribution in [0.1, 0.15) is 58.6 Å². The summed E-state index contributed by atoms with van der Waals surface area (Å²) in [5.74, 6) is 0.00472. The Labute approximate surface area is 151 Å². The molecule has 1 aliphatic rings. The second-order valence-corrected chi connectivity index (χ2v) is 9.06. The van der Waals surface area contributed by atoms with E-state index in [1.165, 1.54) is 22.3 Å². The Morgan fingerprint density at radius 3 is 1.52 bits per heavy atom. The van der Waals surface area contributed by atoms with Gasteiger partial charge in [0.2, 0.25) is 0 Å². The summed E-state index contributed by atoms with van der Waals surface area (Å²) in [6.07, 6.45) is 0. The lowest BCUT2D eigenvalue weighted by Gasteiger charge is -2.55. The summed E-state index contributed by atoms with van der Waals surface area (Å²) < 4.78 is 6.08. The number of benzene rings is 2. The zero-order valence-electron chi connectivity index (χ0n) is 16.1. The van der Waals surface area contributed by atoms with Gasteiger partial charge in [-0.2, -0.15) is 0 Å². The number of hydrogen-bond donors (Lipinski definition) is 0. The highest BCUT2D eigenvalue weighted by molar-refractivity contribution is 5.79. The van der Waals surface area contributed by atoms with E-state index in [-0.39, 0.29) is 16.7 Å². The first-order valence-corrected chi connectivity index (χ1v) is 8.95.